The molecule has 0 spiro atoms. The van der Waals surface area contributed by atoms with E-state index >= 15 is 0 Å². The van der Waals surface area contributed by atoms with Crippen LogP contribution in [0.5, 0.6) is 0 Å². The minimum atomic E-state index is -4.21. The first-order valence-corrected chi connectivity index (χ1v) is 6.30. The van der Waals surface area contributed by atoms with Crippen LogP contribution in [-0.4, -0.2) is 32.1 Å². The van der Waals surface area contributed by atoms with Gasteiger partial charge >= 0.3 is 5.91 Å². The molecule has 0 saturated carbocycles. The SMILES string of the molecule is C[N+]1(c2ccc(S(=O)(=O)O)cc2)N=CCC1=O. The average molecular weight is 255 g/mol. The van der Waals surface area contributed by atoms with Gasteiger partial charge in [-0.25, -0.2) is 4.79 Å². The topological polar surface area (TPSA) is 83.8 Å². The second kappa shape index (κ2) is 3.73. The molecular weight excluding hydrogens is 244 g/mol. The van der Waals surface area contributed by atoms with Gasteiger partial charge in [0.1, 0.15) is 13.5 Å². The van der Waals surface area contributed by atoms with E-state index in [4.69, 9.17) is 4.55 Å². The van der Waals surface area contributed by atoms with Crippen LogP contribution in [0.2, 0.25) is 0 Å². The maximum atomic E-state index is 11.7. The van der Waals surface area contributed by atoms with E-state index in [9.17, 15) is 13.2 Å². The number of carbonyl (C=O) groups excluding carboxylic acids is 1. The average Bonchev–Trinajstić information content (AvgIpc) is 2.60. The lowest BCUT2D eigenvalue weighted by Gasteiger charge is -2.19. The molecule has 1 N–H and O–H groups in total. The summed E-state index contributed by atoms with van der Waals surface area (Å²) in [7, 11) is -2.59. The first kappa shape index (κ1) is 11.9. The van der Waals surface area contributed by atoms with Crippen LogP contribution in [-0.2, 0) is 14.9 Å². The Kier molecular flexibility index (Phi) is 2.61. The maximum absolute atomic E-state index is 11.7. The molecule has 0 aliphatic carbocycles. The molecule has 1 atom stereocenters. The Hall–Kier alpha value is -1.57. The minimum Gasteiger partial charge on any atom is -0.282 e. The van der Waals surface area contributed by atoms with Gasteiger partial charge in [0.2, 0.25) is 0 Å². The first-order valence-electron chi connectivity index (χ1n) is 4.86. The lowest BCUT2D eigenvalue weighted by Crippen LogP contribution is -2.41. The second-order valence-electron chi connectivity index (χ2n) is 3.82. The molecule has 0 saturated heterocycles. The number of quaternary nitrogens is 1. The number of hydrogen-bond donors (Lipinski definition) is 1. The van der Waals surface area contributed by atoms with E-state index in [0.29, 0.717) is 5.69 Å². The number of amides is 1. The van der Waals surface area contributed by atoms with Gasteiger partial charge in [-0.1, -0.05) is 5.10 Å². The maximum Gasteiger partial charge on any atom is 0.350 e. The molecule has 17 heavy (non-hydrogen) atoms. The van der Waals surface area contributed by atoms with Crippen molar-refractivity contribution in [3.8, 4) is 0 Å². The normalized spacial score (nSPS) is 24.2. The van der Waals surface area contributed by atoms with Crippen molar-refractivity contribution in [2.24, 2.45) is 5.10 Å². The summed E-state index contributed by atoms with van der Waals surface area (Å²) in [6.45, 7) is 0. The Bertz CT molecular complexity index is 591. The van der Waals surface area contributed by atoms with Crippen molar-refractivity contribution in [2.45, 2.75) is 11.3 Å². The lowest BCUT2D eigenvalue weighted by molar-refractivity contribution is -0.126. The minimum absolute atomic E-state index is 0.0930. The number of benzene rings is 1. The van der Waals surface area contributed by atoms with Gasteiger partial charge in [-0.2, -0.15) is 8.42 Å². The molecule has 1 aliphatic heterocycles. The molecular formula is C10H11N2O4S+. The molecule has 0 fully saturated rings. The highest BCUT2D eigenvalue weighted by atomic mass is 32.2. The zero-order chi connectivity index (χ0) is 12.7. The van der Waals surface area contributed by atoms with Gasteiger partial charge < -0.3 is 0 Å². The van der Waals surface area contributed by atoms with Gasteiger partial charge in [0.05, 0.1) is 11.1 Å². The van der Waals surface area contributed by atoms with Crippen LogP contribution in [0.25, 0.3) is 0 Å². The van der Waals surface area contributed by atoms with Gasteiger partial charge in [0.25, 0.3) is 10.1 Å². The number of carbonyl (C=O) groups is 1. The Morgan fingerprint density at radius 1 is 1.29 bits per heavy atom. The fraction of sp³-hybridized carbons (Fsp3) is 0.200. The molecule has 1 aliphatic rings. The van der Waals surface area contributed by atoms with Crippen molar-refractivity contribution in [3.63, 3.8) is 0 Å². The van der Waals surface area contributed by atoms with Crippen LogP contribution < -0.4 is 4.59 Å². The van der Waals surface area contributed by atoms with Crippen LogP contribution >= 0.6 is 0 Å². The van der Waals surface area contributed by atoms with E-state index in [-0.39, 0.29) is 21.8 Å². The quantitative estimate of drug-likeness (QED) is 0.625. The number of nitrogens with zero attached hydrogens (tertiary/aromatic N) is 2. The Labute approximate surface area is 98.5 Å². The van der Waals surface area contributed by atoms with E-state index in [0.717, 1.165) is 0 Å². The fourth-order valence-corrected chi connectivity index (χ4v) is 2.12. The van der Waals surface area contributed by atoms with E-state index in [1.807, 2.05) is 0 Å². The zero-order valence-corrected chi connectivity index (χ0v) is 9.88. The van der Waals surface area contributed by atoms with Gasteiger partial charge in [0, 0.05) is 12.1 Å². The summed E-state index contributed by atoms with van der Waals surface area (Å²) in [5.74, 6) is -0.0930. The highest BCUT2D eigenvalue weighted by Crippen LogP contribution is 2.26. The molecule has 1 amide bonds. The Morgan fingerprint density at radius 2 is 1.88 bits per heavy atom. The van der Waals surface area contributed by atoms with Crippen molar-refractivity contribution in [2.75, 3.05) is 7.05 Å². The van der Waals surface area contributed by atoms with Crippen LogP contribution in [0, 0.1) is 0 Å². The van der Waals surface area contributed by atoms with Crippen LogP contribution in [0.3, 0.4) is 0 Å². The van der Waals surface area contributed by atoms with Crippen molar-refractivity contribution >= 4 is 27.9 Å². The third kappa shape index (κ3) is 1.99. The number of rotatable bonds is 2. The van der Waals surface area contributed by atoms with Crippen molar-refractivity contribution in [1.29, 1.82) is 0 Å². The first-order chi connectivity index (χ1) is 7.84. The van der Waals surface area contributed by atoms with E-state index < -0.39 is 10.1 Å². The van der Waals surface area contributed by atoms with Gasteiger partial charge in [-0.15, -0.1) is 4.59 Å². The van der Waals surface area contributed by atoms with Crippen LogP contribution in [0.4, 0.5) is 5.69 Å². The molecule has 2 rings (SSSR count). The lowest BCUT2D eigenvalue weighted by atomic mass is 10.3. The van der Waals surface area contributed by atoms with Crippen molar-refractivity contribution in [1.82, 2.24) is 4.59 Å². The molecule has 6 nitrogen and oxygen atoms in total. The molecule has 90 valence electrons. The van der Waals surface area contributed by atoms with Crippen LogP contribution in [0.15, 0.2) is 34.3 Å². The monoisotopic (exact) mass is 255 g/mol. The van der Waals surface area contributed by atoms with Gasteiger partial charge in [0.15, 0.2) is 5.69 Å². The third-order valence-corrected chi connectivity index (χ3v) is 3.57. The molecule has 1 heterocycles. The summed E-state index contributed by atoms with van der Waals surface area (Å²) in [6.07, 6.45) is 1.79. The second-order valence-corrected chi connectivity index (χ2v) is 5.25. The zero-order valence-electron chi connectivity index (χ0n) is 9.07. The smallest absolute Gasteiger partial charge is 0.282 e. The van der Waals surface area contributed by atoms with Gasteiger partial charge in [-0.05, 0) is 12.1 Å². The third-order valence-electron chi connectivity index (χ3n) is 2.70. The van der Waals surface area contributed by atoms with E-state index in [1.165, 1.54) is 30.5 Å². The molecule has 1 aromatic carbocycles. The largest absolute Gasteiger partial charge is 0.350 e. The molecule has 0 bridgehead atoms. The van der Waals surface area contributed by atoms with Crippen molar-refractivity contribution in [3.05, 3.63) is 24.3 Å². The molecule has 1 unspecified atom stereocenters. The predicted octanol–water partition coefficient (Wildman–Crippen LogP) is 0.786. The number of hydrogen-bond acceptors (Lipinski definition) is 4. The fourth-order valence-electron chi connectivity index (χ4n) is 1.64. The van der Waals surface area contributed by atoms with Gasteiger partial charge in [-0.3, -0.25) is 4.55 Å². The highest BCUT2D eigenvalue weighted by molar-refractivity contribution is 7.85. The summed E-state index contributed by atoms with van der Waals surface area (Å²) in [5, 5.41) is 4.06. The Morgan fingerprint density at radius 3 is 2.29 bits per heavy atom. The molecule has 1 aromatic rings. The summed E-state index contributed by atoms with van der Waals surface area (Å²) in [5.41, 5.74) is 0.552. The standard InChI is InChI=1S/C10H10N2O4S/c1-12(10(13)6-7-11-12)8-2-4-9(5-3-8)17(14,15)16/h2-5,7H,6H2,1H3/p+1. The van der Waals surface area contributed by atoms with E-state index in [2.05, 4.69) is 5.10 Å². The predicted molar refractivity (Wildman–Crippen MR) is 62.1 cm³/mol. The highest BCUT2D eigenvalue weighted by Gasteiger charge is 2.38. The molecule has 0 aromatic heterocycles. The summed E-state index contributed by atoms with van der Waals surface area (Å²) in [6, 6.07) is 5.41. The van der Waals surface area contributed by atoms with Crippen LogP contribution in [0.1, 0.15) is 6.42 Å². The molecule has 7 heteroatoms. The summed E-state index contributed by atoms with van der Waals surface area (Å²) in [4.78, 5) is 11.5. The van der Waals surface area contributed by atoms with Crippen molar-refractivity contribution < 1.29 is 17.8 Å². The molecule has 0 radical (unpaired) electrons. The Balaban J connectivity index is 2.43. The summed E-state index contributed by atoms with van der Waals surface area (Å²) < 4.78 is 30.3. The van der Waals surface area contributed by atoms with E-state index in [1.54, 1.807) is 7.05 Å². The summed E-state index contributed by atoms with van der Waals surface area (Å²) >= 11 is 0.